The molecule has 0 aromatic carbocycles. The number of anilines is 1. The quantitative estimate of drug-likeness (QED) is 0.563. The molecule has 0 radical (unpaired) electrons. The third-order valence-corrected chi connectivity index (χ3v) is 2.99. The van der Waals surface area contributed by atoms with Crippen molar-refractivity contribution in [2.24, 2.45) is 4.99 Å². The van der Waals surface area contributed by atoms with Crippen molar-refractivity contribution >= 4 is 11.8 Å². The Hall–Kier alpha value is -1.78. The Labute approximate surface area is 102 Å². The maximum atomic E-state index is 4.37. The molecule has 0 spiro atoms. The third-order valence-electron chi connectivity index (χ3n) is 2.99. The van der Waals surface area contributed by atoms with Gasteiger partial charge >= 0.3 is 0 Å². The summed E-state index contributed by atoms with van der Waals surface area (Å²) in [5, 5.41) is 3.12. The van der Waals surface area contributed by atoms with Crippen molar-refractivity contribution in [1.29, 1.82) is 0 Å². The van der Waals surface area contributed by atoms with Crippen molar-refractivity contribution < 1.29 is 0 Å². The van der Waals surface area contributed by atoms with Gasteiger partial charge in [0.15, 0.2) is 5.96 Å². The summed E-state index contributed by atoms with van der Waals surface area (Å²) >= 11 is 0. The van der Waals surface area contributed by atoms with Crippen LogP contribution in [0.15, 0.2) is 29.4 Å². The number of rotatable bonds is 1. The van der Waals surface area contributed by atoms with Gasteiger partial charge in [-0.25, -0.2) is 4.98 Å². The number of guanidine groups is 1. The molecule has 17 heavy (non-hydrogen) atoms. The molecule has 0 saturated carbocycles. The fourth-order valence-corrected chi connectivity index (χ4v) is 2.10. The minimum atomic E-state index is 0.964. The molecule has 0 bridgehead atoms. The Morgan fingerprint density at radius 3 is 2.59 bits per heavy atom. The average Bonchev–Trinajstić information content (AvgIpc) is 2.42. The molecular formula is C12H19N5. The van der Waals surface area contributed by atoms with Gasteiger partial charge < -0.3 is 15.1 Å². The van der Waals surface area contributed by atoms with Crippen LogP contribution in [0, 0.1) is 0 Å². The molecule has 5 nitrogen and oxygen atoms in total. The third kappa shape index (κ3) is 2.67. The number of piperazine rings is 1. The zero-order valence-electron chi connectivity index (χ0n) is 10.4. The summed E-state index contributed by atoms with van der Waals surface area (Å²) in [5.41, 5.74) is 0. The summed E-state index contributed by atoms with van der Waals surface area (Å²) in [6.45, 7) is 3.92. The molecule has 1 aliphatic heterocycles. The SMILES string of the molecule is CN=C(NC)N1CCN(c2ccccn2)CC1. The molecular weight excluding hydrogens is 214 g/mol. The zero-order chi connectivity index (χ0) is 12.1. The number of hydrogen-bond acceptors (Lipinski definition) is 3. The predicted molar refractivity (Wildman–Crippen MR) is 70.4 cm³/mol. The van der Waals surface area contributed by atoms with Gasteiger partial charge in [0, 0.05) is 46.5 Å². The topological polar surface area (TPSA) is 43.8 Å². The van der Waals surface area contributed by atoms with E-state index in [2.05, 4.69) is 31.2 Å². The van der Waals surface area contributed by atoms with E-state index in [1.54, 1.807) is 0 Å². The van der Waals surface area contributed by atoms with Crippen molar-refractivity contribution in [3.8, 4) is 0 Å². The average molecular weight is 233 g/mol. The Balaban J connectivity index is 1.95. The maximum Gasteiger partial charge on any atom is 0.193 e. The summed E-state index contributed by atoms with van der Waals surface area (Å²) in [5.74, 6) is 2.03. The molecule has 5 heteroatoms. The molecule has 0 unspecified atom stereocenters. The molecule has 0 aliphatic carbocycles. The normalized spacial score (nSPS) is 17.2. The summed E-state index contributed by atoms with van der Waals surface area (Å²) in [7, 11) is 3.73. The first-order valence-electron chi connectivity index (χ1n) is 5.90. The fourth-order valence-electron chi connectivity index (χ4n) is 2.10. The predicted octanol–water partition coefficient (Wildman–Crippen LogP) is 0.409. The van der Waals surface area contributed by atoms with Crippen LogP contribution in [0.4, 0.5) is 5.82 Å². The lowest BCUT2D eigenvalue weighted by Crippen LogP contribution is -2.52. The number of aliphatic imine (C=N–C) groups is 1. The molecule has 1 N–H and O–H groups in total. The molecule has 0 atom stereocenters. The number of nitrogens with one attached hydrogen (secondary N) is 1. The molecule has 2 rings (SSSR count). The maximum absolute atomic E-state index is 4.37. The minimum absolute atomic E-state index is 0.964. The van der Waals surface area contributed by atoms with Crippen molar-refractivity contribution in [2.45, 2.75) is 0 Å². The van der Waals surface area contributed by atoms with Gasteiger partial charge in [0.05, 0.1) is 0 Å². The van der Waals surface area contributed by atoms with E-state index in [4.69, 9.17) is 0 Å². The zero-order valence-corrected chi connectivity index (χ0v) is 10.4. The van der Waals surface area contributed by atoms with Gasteiger partial charge in [0.25, 0.3) is 0 Å². The van der Waals surface area contributed by atoms with Crippen LogP contribution < -0.4 is 10.2 Å². The molecule has 1 aliphatic rings. The van der Waals surface area contributed by atoms with Crippen molar-refractivity contribution in [1.82, 2.24) is 15.2 Å². The van der Waals surface area contributed by atoms with Gasteiger partial charge in [-0.05, 0) is 12.1 Å². The fraction of sp³-hybridized carbons (Fsp3) is 0.500. The van der Waals surface area contributed by atoms with Gasteiger partial charge in [-0.2, -0.15) is 0 Å². The molecule has 1 aromatic rings. The smallest absolute Gasteiger partial charge is 0.193 e. The van der Waals surface area contributed by atoms with E-state index in [9.17, 15) is 0 Å². The first kappa shape index (κ1) is 11.7. The van der Waals surface area contributed by atoms with Gasteiger partial charge in [-0.15, -0.1) is 0 Å². The van der Waals surface area contributed by atoms with Gasteiger partial charge in [0.2, 0.25) is 0 Å². The Kier molecular flexibility index (Phi) is 3.80. The first-order chi connectivity index (χ1) is 8.35. The van der Waals surface area contributed by atoms with Crippen molar-refractivity contribution in [3.63, 3.8) is 0 Å². The highest BCUT2D eigenvalue weighted by Gasteiger charge is 2.19. The number of nitrogens with zero attached hydrogens (tertiary/aromatic N) is 4. The Morgan fingerprint density at radius 1 is 1.29 bits per heavy atom. The highest BCUT2D eigenvalue weighted by atomic mass is 15.3. The summed E-state index contributed by atoms with van der Waals surface area (Å²) in [6, 6.07) is 6.03. The van der Waals surface area contributed by atoms with Crippen LogP contribution in [0.1, 0.15) is 0 Å². The van der Waals surface area contributed by atoms with Crippen LogP contribution in [-0.4, -0.2) is 56.1 Å². The monoisotopic (exact) mass is 233 g/mol. The van der Waals surface area contributed by atoms with Crippen LogP contribution in [0.5, 0.6) is 0 Å². The Morgan fingerprint density at radius 2 is 2.06 bits per heavy atom. The largest absolute Gasteiger partial charge is 0.359 e. The second-order valence-electron chi connectivity index (χ2n) is 3.96. The first-order valence-corrected chi connectivity index (χ1v) is 5.90. The van der Waals surface area contributed by atoms with Crippen molar-refractivity contribution in [3.05, 3.63) is 24.4 Å². The minimum Gasteiger partial charge on any atom is -0.359 e. The second-order valence-corrected chi connectivity index (χ2v) is 3.96. The molecule has 1 saturated heterocycles. The summed E-state index contributed by atoms with van der Waals surface area (Å²) in [4.78, 5) is 13.2. The van der Waals surface area contributed by atoms with Gasteiger partial charge in [0.1, 0.15) is 5.82 Å². The van der Waals surface area contributed by atoms with Gasteiger partial charge in [-0.1, -0.05) is 6.07 Å². The highest BCUT2D eigenvalue weighted by Crippen LogP contribution is 2.12. The number of hydrogen-bond donors (Lipinski definition) is 1. The number of pyridine rings is 1. The lowest BCUT2D eigenvalue weighted by atomic mass is 10.3. The number of aromatic nitrogens is 1. The van der Waals surface area contributed by atoms with Crippen LogP contribution in [-0.2, 0) is 0 Å². The van der Waals surface area contributed by atoms with E-state index in [0.29, 0.717) is 0 Å². The van der Waals surface area contributed by atoms with Crippen LogP contribution >= 0.6 is 0 Å². The van der Waals surface area contributed by atoms with E-state index >= 15 is 0 Å². The standard InChI is InChI=1S/C12H19N5/c1-13-12(14-2)17-9-7-16(8-10-17)11-5-3-4-6-15-11/h3-6H,7-10H2,1-2H3,(H,13,14). The summed E-state index contributed by atoms with van der Waals surface area (Å²) in [6.07, 6.45) is 1.84. The van der Waals surface area contributed by atoms with E-state index in [1.807, 2.05) is 32.4 Å². The van der Waals surface area contributed by atoms with Crippen LogP contribution in [0.25, 0.3) is 0 Å². The van der Waals surface area contributed by atoms with E-state index < -0.39 is 0 Å². The second kappa shape index (κ2) is 5.52. The summed E-state index contributed by atoms with van der Waals surface area (Å²) < 4.78 is 0. The van der Waals surface area contributed by atoms with E-state index in [0.717, 1.165) is 38.0 Å². The molecule has 1 aromatic heterocycles. The molecule has 2 heterocycles. The lowest BCUT2D eigenvalue weighted by Gasteiger charge is -2.36. The molecule has 0 amide bonds. The van der Waals surface area contributed by atoms with Gasteiger partial charge in [-0.3, -0.25) is 4.99 Å². The lowest BCUT2D eigenvalue weighted by molar-refractivity contribution is 0.374. The molecule has 92 valence electrons. The molecule has 1 fully saturated rings. The van der Waals surface area contributed by atoms with Crippen molar-refractivity contribution in [2.75, 3.05) is 45.2 Å². The van der Waals surface area contributed by atoms with Crippen LogP contribution in [0.2, 0.25) is 0 Å². The Bertz CT molecular complexity index is 368. The highest BCUT2D eigenvalue weighted by molar-refractivity contribution is 5.79. The van der Waals surface area contributed by atoms with E-state index in [-0.39, 0.29) is 0 Å². The van der Waals surface area contributed by atoms with E-state index in [1.165, 1.54) is 0 Å². The van der Waals surface area contributed by atoms with Crippen LogP contribution in [0.3, 0.4) is 0 Å².